The molecule has 98 valence electrons. The number of sulfonamides is 1. The van der Waals surface area contributed by atoms with E-state index in [0.717, 1.165) is 13.1 Å². The monoisotopic (exact) mass is 260 g/mol. The highest BCUT2D eigenvalue weighted by molar-refractivity contribution is 7.89. The van der Waals surface area contributed by atoms with Crippen molar-refractivity contribution in [2.24, 2.45) is 0 Å². The largest absolute Gasteiger partial charge is 0.315 e. The number of rotatable bonds is 6. The van der Waals surface area contributed by atoms with E-state index >= 15 is 0 Å². The first-order valence-corrected chi connectivity index (χ1v) is 7.10. The van der Waals surface area contributed by atoms with Gasteiger partial charge in [0.2, 0.25) is 10.0 Å². The zero-order chi connectivity index (χ0) is 13.1. The summed E-state index contributed by atoms with van der Waals surface area (Å²) in [5.41, 5.74) is 1.21. The fraction of sp³-hybridized carbons (Fsp3) is 0.700. The summed E-state index contributed by atoms with van der Waals surface area (Å²) in [7, 11) is -2.02. The van der Waals surface area contributed by atoms with E-state index in [1.165, 1.54) is 7.05 Å². The molecule has 0 aliphatic carbocycles. The molecule has 2 N–H and O–H groups in total. The molecule has 1 aromatic rings. The molecule has 17 heavy (non-hydrogen) atoms. The summed E-state index contributed by atoms with van der Waals surface area (Å²) in [6.45, 7) is 7.84. The van der Waals surface area contributed by atoms with Crippen LogP contribution in [0.4, 0.5) is 0 Å². The normalized spacial score (nSPS) is 12.0. The van der Waals surface area contributed by atoms with Crippen LogP contribution >= 0.6 is 0 Å². The Hall–Kier alpha value is -0.920. The van der Waals surface area contributed by atoms with Crippen LogP contribution in [-0.2, 0) is 16.6 Å². The standard InChI is InChI=1S/C10H20N4O2S/c1-5-12-6-7-14-9(3)10(8(2)13-14)17(15,16)11-4/h11-12H,5-7H2,1-4H3. The molecule has 0 aromatic carbocycles. The third-order valence-electron chi connectivity index (χ3n) is 2.60. The summed E-state index contributed by atoms with van der Waals surface area (Å²) >= 11 is 0. The van der Waals surface area contributed by atoms with Crippen molar-refractivity contribution in [1.29, 1.82) is 0 Å². The number of hydrogen-bond donors (Lipinski definition) is 2. The van der Waals surface area contributed by atoms with Gasteiger partial charge in [-0.3, -0.25) is 4.68 Å². The van der Waals surface area contributed by atoms with E-state index in [1.54, 1.807) is 18.5 Å². The molecule has 0 saturated heterocycles. The summed E-state index contributed by atoms with van der Waals surface area (Å²) in [6.07, 6.45) is 0. The third-order valence-corrected chi connectivity index (χ3v) is 4.27. The predicted octanol–water partition coefficient (Wildman–Crippen LogP) is 0.0175. The van der Waals surface area contributed by atoms with Crippen molar-refractivity contribution in [3.63, 3.8) is 0 Å². The molecule has 0 aliphatic heterocycles. The molecule has 0 amide bonds. The van der Waals surface area contributed by atoms with Crippen LogP contribution in [0.3, 0.4) is 0 Å². The van der Waals surface area contributed by atoms with Crippen molar-refractivity contribution < 1.29 is 8.42 Å². The Morgan fingerprint density at radius 1 is 1.35 bits per heavy atom. The first-order valence-electron chi connectivity index (χ1n) is 5.62. The zero-order valence-corrected chi connectivity index (χ0v) is 11.6. The lowest BCUT2D eigenvalue weighted by Crippen LogP contribution is -2.22. The molecule has 0 unspecified atom stereocenters. The minimum absolute atomic E-state index is 0.288. The number of aromatic nitrogens is 2. The van der Waals surface area contributed by atoms with E-state index in [1.807, 2.05) is 6.92 Å². The van der Waals surface area contributed by atoms with Crippen LogP contribution in [0, 0.1) is 13.8 Å². The molecule has 7 heteroatoms. The quantitative estimate of drug-likeness (QED) is 0.707. The Kier molecular flexibility index (Phi) is 4.67. The first-order chi connectivity index (χ1) is 7.94. The molecule has 1 rings (SSSR count). The van der Waals surface area contributed by atoms with E-state index in [4.69, 9.17) is 0 Å². The molecule has 1 heterocycles. The van der Waals surface area contributed by atoms with Gasteiger partial charge in [-0.1, -0.05) is 6.92 Å². The van der Waals surface area contributed by atoms with Gasteiger partial charge in [-0.15, -0.1) is 0 Å². The van der Waals surface area contributed by atoms with E-state index in [-0.39, 0.29) is 4.90 Å². The Morgan fingerprint density at radius 3 is 2.53 bits per heavy atom. The van der Waals surface area contributed by atoms with E-state index in [9.17, 15) is 8.42 Å². The maximum Gasteiger partial charge on any atom is 0.243 e. The lowest BCUT2D eigenvalue weighted by Gasteiger charge is -2.06. The van der Waals surface area contributed by atoms with Gasteiger partial charge in [0.1, 0.15) is 4.90 Å². The molecule has 0 radical (unpaired) electrons. The molecule has 0 spiro atoms. The Bertz CT molecular complexity index is 479. The predicted molar refractivity (Wildman–Crippen MR) is 66.5 cm³/mol. The Labute approximate surface area is 102 Å². The van der Waals surface area contributed by atoms with Crippen LogP contribution in [0.25, 0.3) is 0 Å². The van der Waals surface area contributed by atoms with Gasteiger partial charge in [0.05, 0.1) is 17.9 Å². The smallest absolute Gasteiger partial charge is 0.243 e. The molecule has 0 aliphatic rings. The van der Waals surface area contributed by atoms with Gasteiger partial charge >= 0.3 is 0 Å². The summed E-state index contributed by atoms with van der Waals surface area (Å²) < 4.78 is 27.7. The number of likely N-dealkylation sites (N-methyl/N-ethyl adjacent to an activating group) is 1. The summed E-state index contributed by atoms with van der Waals surface area (Å²) in [4.78, 5) is 0.288. The summed E-state index contributed by atoms with van der Waals surface area (Å²) in [6, 6.07) is 0. The lowest BCUT2D eigenvalue weighted by molar-refractivity contribution is 0.549. The first kappa shape index (κ1) is 14.1. The maximum absolute atomic E-state index is 11.8. The number of aryl methyl sites for hydroxylation is 1. The van der Waals surface area contributed by atoms with Gasteiger partial charge in [-0.05, 0) is 27.4 Å². The number of hydrogen-bond acceptors (Lipinski definition) is 4. The van der Waals surface area contributed by atoms with E-state index in [2.05, 4.69) is 15.1 Å². The average molecular weight is 260 g/mol. The van der Waals surface area contributed by atoms with Crippen LogP contribution in [0.5, 0.6) is 0 Å². The fourth-order valence-corrected chi connectivity index (χ4v) is 2.88. The summed E-state index contributed by atoms with van der Waals surface area (Å²) in [5, 5.41) is 7.43. The minimum Gasteiger partial charge on any atom is -0.315 e. The van der Waals surface area contributed by atoms with Crippen molar-refractivity contribution in [2.75, 3.05) is 20.1 Å². The maximum atomic E-state index is 11.8. The molecule has 0 saturated carbocycles. The van der Waals surface area contributed by atoms with E-state index < -0.39 is 10.0 Å². The fourth-order valence-electron chi connectivity index (χ4n) is 1.75. The second-order valence-electron chi connectivity index (χ2n) is 3.78. The van der Waals surface area contributed by atoms with Gasteiger partial charge in [0, 0.05) is 6.54 Å². The molecule has 0 bridgehead atoms. The van der Waals surface area contributed by atoms with Gasteiger partial charge in [0.15, 0.2) is 0 Å². The van der Waals surface area contributed by atoms with Crippen LogP contribution in [0.2, 0.25) is 0 Å². The SMILES string of the molecule is CCNCCn1nc(C)c(S(=O)(=O)NC)c1C. The van der Waals surface area contributed by atoms with Crippen LogP contribution < -0.4 is 10.0 Å². The van der Waals surface area contributed by atoms with Gasteiger partial charge < -0.3 is 5.32 Å². The van der Waals surface area contributed by atoms with Gasteiger partial charge in [-0.25, -0.2) is 13.1 Å². The topological polar surface area (TPSA) is 76.0 Å². The second kappa shape index (κ2) is 5.61. The second-order valence-corrected chi connectivity index (χ2v) is 5.61. The molecular weight excluding hydrogens is 240 g/mol. The van der Waals surface area contributed by atoms with Crippen molar-refractivity contribution in [3.8, 4) is 0 Å². The van der Waals surface area contributed by atoms with Crippen LogP contribution in [0.1, 0.15) is 18.3 Å². The number of nitrogens with zero attached hydrogens (tertiary/aromatic N) is 2. The van der Waals surface area contributed by atoms with Crippen molar-refractivity contribution in [3.05, 3.63) is 11.4 Å². The minimum atomic E-state index is -3.42. The van der Waals surface area contributed by atoms with Crippen molar-refractivity contribution >= 4 is 10.0 Å². The highest BCUT2D eigenvalue weighted by Gasteiger charge is 2.22. The molecule has 0 fully saturated rings. The highest BCUT2D eigenvalue weighted by atomic mass is 32.2. The Balaban J connectivity index is 3.02. The lowest BCUT2D eigenvalue weighted by atomic mass is 10.4. The molecule has 6 nitrogen and oxygen atoms in total. The van der Waals surface area contributed by atoms with Crippen LogP contribution in [0.15, 0.2) is 4.90 Å². The highest BCUT2D eigenvalue weighted by Crippen LogP contribution is 2.18. The summed E-state index contributed by atoms with van der Waals surface area (Å²) in [5.74, 6) is 0. The van der Waals surface area contributed by atoms with Crippen molar-refractivity contribution in [1.82, 2.24) is 19.8 Å². The van der Waals surface area contributed by atoms with Crippen molar-refractivity contribution in [2.45, 2.75) is 32.2 Å². The number of nitrogens with one attached hydrogen (secondary N) is 2. The van der Waals surface area contributed by atoms with E-state index in [0.29, 0.717) is 17.9 Å². The Morgan fingerprint density at radius 2 is 2.00 bits per heavy atom. The molecule has 1 aromatic heterocycles. The molecule has 0 atom stereocenters. The van der Waals surface area contributed by atoms with Crippen LogP contribution in [-0.4, -0.2) is 38.3 Å². The van der Waals surface area contributed by atoms with Gasteiger partial charge in [-0.2, -0.15) is 5.10 Å². The van der Waals surface area contributed by atoms with Gasteiger partial charge in [0.25, 0.3) is 0 Å². The zero-order valence-electron chi connectivity index (χ0n) is 10.7. The molecular formula is C10H20N4O2S. The average Bonchev–Trinajstić information content (AvgIpc) is 2.55. The third kappa shape index (κ3) is 3.05.